The Morgan fingerprint density at radius 3 is 2.25 bits per heavy atom. The molecule has 0 saturated heterocycles. The highest BCUT2D eigenvalue weighted by Crippen LogP contribution is 2.32. The number of nitrogens with one attached hydrogen (secondary N) is 2. The Kier molecular flexibility index (Phi) is 9.29. The van der Waals surface area contributed by atoms with Crippen molar-refractivity contribution in [3.63, 3.8) is 0 Å². The lowest BCUT2D eigenvalue weighted by Gasteiger charge is -2.37. The lowest BCUT2D eigenvalue weighted by molar-refractivity contribution is -0.153. The van der Waals surface area contributed by atoms with E-state index in [9.17, 15) is 14.4 Å². The molecule has 24 heavy (non-hydrogen) atoms. The Bertz CT molecular complexity index is 449. The fourth-order valence-electron chi connectivity index (χ4n) is 2.73. The van der Waals surface area contributed by atoms with E-state index in [1.165, 1.54) is 7.11 Å². The molecule has 0 spiro atoms. The van der Waals surface area contributed by atoms with Gasteiger partial charge in [0.15, 0.2) is 0 Å². The summed E-state index contributed by atoms with van der Waals surface area (Å²) in [6, 6.07) is -0.659. The first kappa shape index (κ1) is 22.7. The topological polar surface area (TPSA) is 111 Å². The van der Waals surface area contributed by atoms with Gasteiger partial charge in [0.1, 0.15) is 5.54 Å². The van der Waals surface area contributed by atoms with E-state index in [2.05, 4.69) is 17.6 Å². The molecule has 1 rings (SSSR count). The molecule has 4 N–H and O–H groups in total. The van der Waals surface area contributed by atoms with Crippen LogP contribution in [0.4, 0.5) is 0 Å². The molecule has 1 aliphatic rings. The van der Waals surface area contributed by atoms with Crippen molar-refractivity contribution in [2.75, 3.05) is 13.7 Å². The minimum Gasteiger partial charge on any atom is -0.467 e. The van der Waals surface area contributed by atoms with Crippen LogP contribution >= 0.6 is 12.4 Å². The third-order valence-corrected chi connectivity index (χ3v) is 4.53. The summed E-state index contributed by atoms with van der Waals surface area (Å²) in [4.78, 5) is 36.0. The van der Waals surface area contributed by atoms with Gasteiger partial charge in [-0.05, 0) is 37.5 Å². The molecular weight excluding hydrogens is 334 g/mol. The van der Waals surface area contributed by atoms with E-state index in [4.69, 9.17) is 10.5 Å². The van der Waals surface area contributed by atoms with Crippen molar-refractivity contribution >= 4 is 30.2 Å². The Balaban J connectivity index is 0.00000529. The van der Waals surface area contributed by atoms with Gasteiger partial charge >= 0.3 is 5.97 Å². The first-order valence-electron chi connectivity index (χ1n) is 8.14. The minimum absolute atomic E-state index is 0. The molecule has 0 radical (unpaired) electrons. The fourth-order valence-corrected chi connectivity index (χ4v) is 2.73. The SMILES string of the molecule is COC(=O)C1(NC(=O)CNC(=O)[C@@H](N)C(C)C)CCC(C)CC1.Cl. The molecule has 0 bridgehead atoms. The van der Waals surface area contributed by atoms with Crippen LogP contribution in [-0.2, 0) is 19.1 Å². The minimum atomic E-state index is -0.983. The molecule has 1 saturated carbocycles. The van der Waals surface area contributed by atoms with Crippen molar-refractivity contribution in [1.82, 2.24) is 10.6 Å². The summed E-state index contributed by atoms with van der Waals surface area (Å²) < 4.78 is 4.86. The number of hydrogen-bond acceptors (Lipinski definition) is 5. The number of rotatable bonds is 6. The molecule has 1 atom stereocenters. The monoisotopic (exact) mass is 363 g/mol. The molecule has 0 aromatic heterocycles. The number of methoxy groups -OCH3 is 1. The molecule has 140 valence electrons. The average Bonchev–Trinajstić information content (AvgIpc) is 2.53. The average molecular weight is 364 g/mol. The van der Waals surface area contributed by atoms with Crippen molar-refractivity contribution in [2.24, 2.45) is 17.6 Å². The van der Waals surface area contributed by atoms with Crippen LogP contribution in [-0.4, -0.2) is 43.0 Å². The number of carbonyl (C=O) groups is 3. The standard InChI is InChI=1S/C16H29N3O4.ClH/c1-10(2)13(17)14(21)18-9-12(20)19-16(15(22)23-4)7-5-11(3)6-8-16;/h10-11,13H,5-9,17H2,1-4H3,(H,18,21)(H,19,20);1H/t11?,13-,16?;/m0./s1. The number of halogens is 1. The predicted octanol–water partition coefficient (Wildman–Crippen LogP) is 0.746. The number of hydrogen-bond donors (Lipinski definition) is 3. The van der Waals surface area contributed by atoms with Gasteiger partial charge in [-0.25, -0.2) is 4.79 Å². The van der Waals surface area contributed by atoms with Crippen LogP contribution in [0.5, 0.6) is 0 Å². The summed E-state index contributed by atoms with van der Waals surface area (Å²) in [5.41, 5.74) is 4.74. The molecule has 1 aliphatic carbocycles. The molecular formula is C16H30ClN3O4. The zero-order valence-electron chi connectivity index (χ0n) is 14.9. The van der Waals surface area contributed by atoms with Crippen molar-refractivity contribution in [3.05, 3.63) is 0 Å². The van der Waals surface area contributed by atoms with E-state index in [1.54, 1.807) is 0 Å². The molecule has 1 fully saturated rings. The molecule has 0 aliphatic heterocycles. The van der Waals surface area contributed by atoms with Crippen molar-refractivity contribution < 1.29 is 19.1 Å². The second kappa shape index (κ2) is 9.84. The first-order valence-corrected chi connectivity index (χ1v) is 8.14. The first-order chi connectivity index (χ1) is 10.7. The van der Waals surface area contributed by atoms with Crippen LogP contribution in [0.2, 0.25) is 0 Å². The molecule has 2 amide bonds. The maximum Gasteiger partial charge on any atom is 0.331 e. The number of esters is 1. The molecule has 0 heterocycles. The fraction of sp³-hybridized carbons (Fsp3) is 0.812. The largest absolute Gasteiger partial charge is 0.467 e. The second-order valence-electron chi connectivity index (χ2n) is 6.79. The van der Waals surface area contributed by atoms with Gasteiger partial charge in [-0.2, -0.15) is 0 Å². The van der Waals surface area contributed by atoms with Gasteiger partial charge in [0.05, 0.1) is 19.7 Å². The zero-order chi connectivity index (χ0) is 17.6. The maximum atomic E-state index is 12.1. The van der Waals surface area contributed by atoms with Crippen LogP contribution in [0.3, 0.4) is 0 Å². The number of amides is 2. The van der Waals surface area contributed by atoms with Crippen LogP contribution in [0.25, 0.3) is 0 Å². The summed E-state index contributed by atoms with van der Waals surface area (Å²) in [5.74, 6) is -0.704. The van der Waals surface area contributed by atoms with Gasteiger partial charge in [0.25, 0.3) is 0 Å². The van der Waals surface area contributed by atoms with E-state index in [1.807, 2.05) is 13.8 Å². The Morgan fingerprint density at radius 2 is 1.79 bits per heavy atom. The third kappa shape index (κ3) is 5.94. The molecule has 0 unspecified atom stereocenters. The van der Waals surface area contributed by atoms with Gasteiger partial charge in [-0.15, -0.1) is 12.4 Å². The van der Waals surface area contributed by atoms with Gasteiger partial charge < -0.3 is 21.1 Å². The van der Waals surface area contributed by atoms with Crippen LogP contribution in [0.1, 0.15) is 46.5 Å². The normalized spacial score (nSPS) is 24.5. The summed E-state index contributed by atoms with van der Waals surface area (Å²) in [5, 5.41) is 5.27. The van der Waals surface area contributed by atoms with Crippen LogP contribution in [0.15, 0.2) is 0 Å². The third-order valence-electron chi connectivity index (χ3n) is 4.53. The highest BCUT2D eigenvalue weighted by atomic mass is 35.5. The number of carbonyl (C=O) groups excluding carboxylic acids is 3. The Hall–Kier alpha value is -1.34. The highest BCUT2D eigenvalue weighted by Gasteiger charge is 2.43. The summed E-state index contributed by atoms with van der Waals surface area (Å²) in [6.07, 6.45) is 2.79. The smallest absolute Gasteiger partial charge is 0.331 e. The quantitative estimate of drug-likeness (QED) is 0.603. The van der Waals surface area contributed by atoms with E-state index >= 15 is 0 Å². The Labute approximate surface area is 149 Å². The Morgan fingerprint density at radius 1 is 1.25 bits per heavy atom. The van der Waals surface area contributed by atoms with Crippen molar-refractivity contribution in [3.8, 4) is 0 Å². The number of ether oxygens (including phenoxy) is 1. The number of nitrogens with two attached hydrogens (primary N) is 1. The lowest BCUT2D eigenvalue weighted by atomic mass is 9.77. The van der Waals surface area contributed by atoms with Crippen molar-refractivity contribution in [1.29, 1.82) is 0 Å². The maximum absolute atomic E-state index is 12.1. The molecule has 8 heteroatoms. The highest BCUT2D eigenvalue weighted by molar-refractivity contribution is 5.91. The zero-order valence-corrected chi connectivity index (χ0v) is 15.7. The van der Waals surface area contributed by atoms with Crippen molar-refractivity contribution in [2.45, 2.75) is 58.0 Å². The second-order valence-corrected chi connectivity index (χ2v) is 6.79. The van der Waals surface area contributed by atoms with E-state index < -0.39 is 23.5 Å². The van der Waals surface area contributed by atoms with E-state index in [0.29, 0.717) is 18.8 Å². The molecule has 0 aromatic carbocycles. The predicted molar refractivity (Wildman–Crippen MR) is 93.6 cm³/mol. The van der Waals surface area contributed by atoms with Gasteiger partial charge in [0, 0.05) is 0 Å². The van der Waals surface area contributed by atoms with E-state index in [0.717, 1.165) is 12.8 Å². The summed E-state index contributed by atoms with van der Waals surface area (Å²) >= 11 is 0. The molecule has 0 aromatic rings. The van der Waals surface area contributed by atoms with Gasteiger partial charge in [-0.1, -0.05) is 20.8 Å². The summed E-state index contributed by atoms with van der Waals surface area (Å²) in [6.45, 7) is 5.59. The lowest BCUT2D eigenvalue weighted by Crippen LogP contribution is -2.59. The van der Waals surface area contributed by atoms with Crippen LogP contribution < -0.4 is 16.4 Å². The summed E-state index contributed by atoms with van der Waals surface area (Å²) in [7, 11) is 1.32. The van der Waals surface area contributed by atoms with Crippen LogP contribution in [0, 0.1) is 11.8 Å². The van der Waals surface area contributed by atoms with Gasteiger partial charge in [0.2, 0.25) is 11.8 Å². The van der Waals surface area contributed by atoms with E-state index in [-0.39, 0.29) is 30.8 Å². The van der Waals surface area contributed by atoms with Gasteiger partial charge in [-0.3, -0.25) is 9.59 Å². The molecule has 7 nitrogen and oxygen atoms in total.